The Morgan fingerprint density at radius 2 is 1.50 bits per heavy atom. The molecule has 0 amide bonds. The molecule has 0 aromatic carbocycles. The van der Waals surface area contributed by atoms with Gasteiger partial charge in [-0.3, -0.25) is 0 Å². The Morgan fingerprint density at radius 3 is 1.86 bits per heavy atom. The van der Waals surface area contributed by atoms with Gasteiger partial charge in [-0.05, 0) is 0 Å². The van der Waals surface area contributed by atoms with E-state index in [1.165, 1.54) is 0 Å². The summed E-state index contributed by atoms with van der Waals surface area (Å²) in [5.74, 6) is 1.23. The Labute approximate surface area is 92.4 Å². The Hall–Kier alpha value is -0.330. The fourth-order valence-electron chi connectivity index (χ4n) is 0.906. The molecule has 0 atom stereocenters. The highest BCUT2D eigenvalue weighted by Gasteiger charge is 2.17. The van der Waals surface area contributed by atoms with Gasteiger partial charge < -0.3 is 5.32 Å². The Bertz CT molecular complexity index is 335. The molecule has 0 aliphatic carbocycles. The normalized spacial score (nSPS) is 19.6. The van der Waals surface area contributed by atoms with Gasteiger partial charge in [0, 0.05) is 24.6 Å². The molecule has 8 heteroatoms. The van der Waals surface area contributed by atoms with Crippen molar-refractivity contribution in [1.82, 2.24) is 5.32 Å². The van der Waals surface area contributed by atoms with Crippen molar-refractivity contribution in [2.75, 3.05) is 11.8 Å². The molecule has 80 valence electrons. The molecule has 1 rings (SSSR count). The van der Waals surface area contributed by atoms with Crippen molar-refractivity contribution < 1.29 is 8.42 Å². The van der Waals surface area contributed by atoms with E-state index in [4.69, 9.17) is 23.2 Å². The predicted octanol–water partition coefficient (Wildman–Crippen LogP) is 0.889. The van der Waals surface area contributed by atoms with Gasteiger partial charge in [0.1, 0.15) is 11.7 Å². The predicted molar refractivity (Wildman–Crippen MR) is 57.6 cm³/mol. The highest BCUT2D eigenvalue weighted by molar-refractivity contribution is 7.89. The zero-order valence-corrected chi connectivity index (χ0v) is 9.53. The van der Waals surface area contributed by atoms with Gasteiger partial charge in [-0.25, -0.2) is 0 Å². The lowest BCUT2D eigenvalue weighted by atomic mass is 10.4. The summed E-state index contributed by atoms with van der Waals surface area (Å²) in [5, 5.41) is 2.76. The van der Waals surface area contributed by atoms with Gasteiger partial charge in [0.05, 0.1) is 0 Å². The minimum atomic E-state index is -3.73. The summed E-state index contributed by atoms with van der Waals surface area (Å²) < 4.78 is 29.0. The zero-order chi connectivity index (χ0) is 10.6. The number of alkyl halides is 2. The quantitative estimate of drug-likeness (QED) is 0.761. The fourth-order valence-corrected chi connectivity index (χ4v) is 2.14. The third kappa shape index (κ3) is 3.43. The van der Waals surface area contributed by atoms with Crippen LogP contribution in [0.15, 0.2) is 8.80 Å². The average molecular weight is 258 g/mol. The van der Waals surface area contributed by atoms with Gasteiger partial charge in [-0.2, -0.15) is 8.42 Å². The van der Waals surface area contributed by atoms with E-state index >= 15 is 0 Å². The number of amidine groups is 2. The number of rotatable bonds is 4. The van der Waals surface area contributed by atoms with Gasteiger partial charge in [-0.15, -0.1) is 32.0 Å². The summed E-state index contributed by atoms with van der Waals surface area (Å²) in [6.07, 6.45) is 0.726. The largest absolute Gasteiger partial charge is 0.366 e. The maximum Gasteiger partial charge on any atom is 0.366 e. The van der Waals surface area contributed by atoms with Crippen LogP contribution in [0.2, 0.25) is 0 Å². The van der Waals surface area contributed by atoms with Crippen LogP contribution in [0.5, 0.6) is 0 Å². The van der Waals surface area contributed by atoms with E-state index in [1.807, 2.05) is 0 Å². The second-order valence-corrected chi connectivity index (χ2v) is 4.54. The number of nitrogens with zero attached hydrogens (tertiary/aromatic N) is 2. The van der Waals surface area contributed by atoms with Crippen LogP contribution < -0.4 is 5.32 Å². The third-order valence-electron chi connectivity index (χ3n) is 1.40. The molecule has 0 radical (unpaired) electrons. The minimum absolute atomic E-state index is 0.301. The smallest absolute Gasteiger partial charge is 0.330 e. The van der Waals surface area contributed by atoms with Crippen LogP contribution in [-0.2, 0) is 10.2 Å². The molecule has 1 heterocycles. The summed E-state index contributed by atoms with van der Waals surface area (Å²) in [5.41, 5.74) is 0. The van der Waals surface area contributed by atoms with Gasteiger partial charge >= 0.3 is 10.2 Å². The van der Waals surface area contributed by atoms with Gasteiger partial charge in [0.15, 0.2) is 0 Å². The zero-order valence-electron chi connectivity index (χ0n) is 7.20. The van der Waals surface area contributed by atoms with Crippen LogP contribution in [0.4, 0.5) is 0 Å². The first-order valence-corrected chi connectivity index (χ1v) is 6.35. The van der Waals surface area contributed by atoms with E-state index < -0.39 is 10.2 Å². The van der Waals surface area contributed by atoms with E-state index in [0.29, 0.717) is 36.3 Å². The van der Waals surface area contributed by atoms with Crippen molar-refractivity contribution in [3.63, 3.8) is 0 Å². The molecule has 1 aliphatic rings. The molecular weight excluding hydrogens is 249 g/mol. The van der Waals surface area contributed by atoms with Gasteiger partial charge in [0.25, 0.3) is 0 Å². The van der Waals surface area contributed by atoms with E-state index in [1.54, 1.807) is 0 Å². The molecule has 14 heavy (non-hydrogen) atoms. The maximum atomic E-state index is 11.1. The molecule has 0 saturated carbocycles. The Morgan fingerprint density at radius 1 is 1.07 bits per heavy atom. The monoisotopic (exact) mass is 257 g/mol. The number of nitrogens with one attached hydrogen (secondary N) is 1. The fraction of sp³-hybridized carbons (Fsp3) is 0.667. The van der Waals surface area contributed by atoms with Crippen LogP contribution in [0, 0.1) is 0 Å². The van der Waals surface area contributed by atoms with Crippen LogP contribution in [-0.4, -0.2) is 31.8 Å². The molecule has 0 bridgehead atoms. The van der Waals surface area contributed by atoms with Crippen LogP contribution in [0.3, 0.4) is 0 Å². The first-order valence-electron chi connectivity index (χ1n) is 3.89. The van der Waals surface area contributed by atoms with E-state index in [2.05, 4.69) is 14.1 Å². The Balaban J connectivity index is 2.83. The van der Waals surface area contributed by atoms with Crippen molar-refractivity contribution in [1.29, 1.82) is 0 Å². The average Bonchev–Trinajstić information content (AvgIpc) is 2.01. The molecule has 0 saturated heterocycles. The molecule has 1 aliphatic heterocycles. The lowest BCUT2D eigenvalue weighted by molar-refractivity contribution is 0.598. The molecule has 0 aromatic heterocycles. The van der Waals surface area contributed by atoms with Crippen molar-refractivity contribution >= 4 is 45.1 Å². The van der Waals surface area contributed by atoms with Gasteiger partial charge in [-0.1, -0.05) is 0 Å². The summed E-state index contributed by atoms with van der Waals surface area (Å²) in [6.45, 7) is 0. The number of hydrogen-bond donors (Lipinski definition) is 1. The SMILES string of the molecule is O=S1(=O)N=C(CCCl)NC(CCCl)=N1. The van der Waals surface area contributed by atoms with E-state index in [-0.39, 0.29) is 0 Å². The first kappa shape index (κ1) is 11.7. The number of hydrogen-bond acceptors (Lipinski definition) is 3. The highest BCUT2D eigenvalue weighted by Crippen LogP contribution is 2.05. The Kier molecular flexibility index (Phi) is 4.15. The summed E-state index contributed by atoms with van der Waals surface area (Å²) in [4.78, 5) is 0. The van der Waals surface area contributed by atoms with E-state index in [0.717, 1.165) is 0 Å². The van der Waals surface area contributed by atoms with Crippen LogP contribution in [0.25, 0.3) is 0 Å². The van der Waals surface area contributed by atoms with Crippen molar-refractivity contribution in [2.45, 2.75) is 12.8 Å². The second kappa shape index (κ2) is 4.95. The standard InChI is InChI=1S/C6H9Cl2N3O2S/c7-3-1-5-9-6(2-4-8)11-14(12,13)10-5/h1-4H2,(H,9,10,11). The molecule has 0 spiro atoms. The molecule has 5 nitrogen and oxygen atoms in total. The molecule has 0 unspecified atom stereocenters. The molecule has 0 fully saturated rings. The van der Waals surface area contributed by atoms with E-state index in [9.17, 15) is 8.42 Å². The van der Waals surface area contributed by atoms with Crippen LogP contribution in [0.1, 0.15) is 12.8 Å². The maximum absolute atomic E-state index is 11.1. The topological polar surface area (TPSA) is 70.9 Å². The van der Waals surface area contributed by atoms with Gasteiger partial charge in [0.2, 0.25) is 0 Å². The molecular formula is C6H9Cl2N3O2S. The van der Waals surface area contributed by atoms with Crippen molar-refractivity contribution in [3.05, 3.63) is 0 Å². The summed E-state index contributed by atoms with van der Waals surface area (Å²) in [7, 11) is -3.73. The summed E-state index contributed by atoms with van der Waals surface area (Å²) in [6, 6.07) is 0. The number of halogens is 2. The molecule has 1 N–H and O–H groups in total. The lowest BCUT2D eigenvalue weighted by Gasteiger charge is -2.13. The van der Waals surface area contributed by atoms with Crippen LogP contribution >= 0.6 is 23.2 Å². The first-order chi connectivity index (χ1) is 6.57. The molecule has 0 aromatic rings. The lowest BCUT2D eigenvalue weighted by Crippen LogP contribution is -2.35. The third-order valence-corrected chi connectivity index (χ3v) is 2.68. The minimum Gasteiger partial charge on any atom is -0.330 e. The highest BCUT2D eigenvalue weighted by atomic mass is 35.5. The van der Waals surface area contributed by atoms with Crippen molar-refractivity contribution in [3.8, 4) is 0 Å². The summed E-state index contributed by atoms with van der Waals surface area (Å²) >= 11 is 10.9. The second-order valence-electron chi connectivity index (χ2n) is 2.53. The van der Waals surface area contributed by atoms with Crippen molar-refractivity contribution in [2.24, 2.45) is 8.80 Å².